The van der Waals surface area contributed by atoms with Gasteiger partial charge in [-0.05, 0) is 32.1 Å². The Labute approximate surface area is 128 Å². The highest BCUT2D eigenvalue weighted by atomic mass is 16.2. The lowest BCUT2D eigenvalue weighted by Gasteiger charge is -2.50. The van der Waals surface area contributed by atoms with Gasteiger partial charge in [0.25, 0.3) is 0 Å². The van der Waals surface area contributed by atoms with Crippen molar-refractivity contribution in [1.29, 1.82) is 0 Å². The van der Waals surface area contributed by atoms with Crippen LogP contribution in [0.5, 0.6) is 0 Å². The van der Waals surface area contributed by atoms with E-state index in [0.717, 1.165) is 25.7 Å². The molecule has 2 rings (SSSR count). The largest absolute Gasteiger partial charge is 0.340 e. The molecule has 0 aromatic rings. The van der Waals surface area contributed by atoms with Gasteiger partial charge in [0.2, 0.25) is 11.8 Å². The molecule has 0 radical (unpaired) electrons. The number of rotatable bonds is 1. The highest BCUT2D eigenvalue weighted by Crippen LogP contribution is 2.35. The topological polar surface area (TPSA) is 49.4 Å². The molecule has 1 unspecified atom stereocenters. The fraction of sp³-hybridized carbons (Fsp3) is 0.882. The summed E-state index contributed by atoms with van der Waals surface area (Å²) < 4.78 is 0. The molecule has 2 amide bonds. The third-order valence-corrected chi connectivity index (χ3v) is 4.77. The summed E-state index contributed by atoms with van der Waals surface area (Å²) in [4.78, 5) is 27.5. The Balaban J connectivity index is 2.37. The van der Waals surface area contributed by atoms with Crippen molar-refractivity contribution in [3.8, 4) is 0 Å². The summed E-state index contributed by atoms with van der Waals surface area (Å²) in [5.74, 6) is 0.0743. The van der Waals surface area contributed by atoms with E-state index in [-0.39, 0.29) is 29.3 Å². The van der Waals surface area contributed by atoms with Gasteiger partial charge in [-0.2, -0.15) is 0 Å². The van der Waals surface area contributed by atoms with Gasteiger partial charge in [-0.1, -0.05) is 46.5 Å². The lowest BCUT2D eigenvalue weighted by Crippen LogP contribution is -2.72. The van der Waals surface area contributed by atoms with Crippen LogP contribution >= 0.6 is 0 Å². The summed E-state index contributed by atoms with van der Waals surface area (Å²) >= 11 is 0. The van der Waals surface area contributed by atoms with E-state index >= 15 is 0 Å². The van der Waals surface area contributed by atoms with Gasteiger partial charge < -0.3 is 10.2 Å². The van der Waals surface area contributed by atoms with Gasteiger partial charge in [0.15, 0.2) is 0 Å². The van der Waals surface area contributed by atoms with Crippen LogP contribution in [0.4, 0.5) is 0 Å². The molecular formula is C17H30N2O2. The number of hydrogen-bond donors (Lipinski definition) is 1. The van der Waals surface area contributed by atoms with E-state index in [2.05, 4.69) is 5.32 Å². The molecule has 4 nitrogen and oxygen atoms in total. The molecule has 0 bridgehead atoms. The predicted molar refractivity (Wildman–Crippen MR) is 83.8 cm³/mol. The first-order chi connectivity index (χ1) is 9.64. The third kappa shape index (κ3) is 3.24. The average Bonchev–Trinajstić information content (AvgIpc) is 2.59. The Kier molecular flexibility index (Phi) is 4.36. The molecule has 0 aromatic heterocycles. The quantitative estimate of drug-likeness (QED) is 0.756. The summed E-state index contributed by atoms with van der Waals surface area (Å²) in [5, 5.41) is 2.92. The van der Waals surface area contributed by atoms with Crippen molar-refractivity contribution >= 4 is 11.8 Å². The predicted octanol–water partition coefficient (Wildman–Crippen LogP) is 2.86. The smallest absolute Gasteiger partial charge is 0.248 e. The van der Waals surface area contributed by atoms with Gasteiger partial charge in [0.1, 0.15) is 11.6 Å². The number of piperazine rings is 1. The minimum absolute atomic E-state index is 0.00338. The van der Waals surface area contributed by atoms with E-state index in [9.17, 15) is 9.59 Å². The maximum absolute atomic E-state index is 13.0. The van der Waals surface area contributed by atoms with E-state index in [1.54, 1.807) is 0 Å². The zero-order valence-electron chi connectivity index (χ0n) is 14.2. The third-order valence-electron chi connectivity index (χ3n) is 4.77. The Hall–Kier alpha value is -1.06. The second-order valence-electron chi connectivity index (χ2n) is 8.24. The number of nitrogens with zero attached hydrogens (tertiary/aromatic N) is 1. The Bertz CT molecular complexity index is 415. The minimum Gasteiger partial charge on any atom is -0.340 e. The van der Waals surface area contributed by atoms with Crippen LogP contribution in [0.2, 0.25) is 0 Å². The molecule has 1 atom stereocenters. The molecule has 4 heteroatoms. The normalized spacial score (nSPS) is 28.2. The Morgan fingerprint density at radius 1 is 1.05 bits per heavy atom. The monoisotopic (exact) mass is 294 g/mol. The van der Waals surface area contributed by atoms with E-state index in [1.165, 1.54) is 12.8 Å². The Morgan fingerprint density at radius 2 is 1.57 bits per heavy atom. The zero-order chi connectivity index (χ0) is 15.8. The lowest BCUT2D eigenvalue weighted by molar-refractivity contribution is -0.161. The zero-order valence-corrected chi connectivity index (χ0v) is 14.2. The van der Waals surface area contributed by atoms with Gasteiger partial charge in [0, 0.05) is 6.04 Å². The first kappa shape index (κ1) is 16.3. The van der Waals surface area contributed by atoms with Gasteiger partial charge in [-0.25, -0.2) is 0 Å². The van der Waals surface area contributed by atoms with Gasteiger partial charge in [0.05, 0.1) is 0 Å². The van der Waals surface area contributed by atoms with E-state index in [0.29, 0.717) is 0 Å². The summed E-state index contributed by atoms with van der Waals surface area (Å²) in [7, 11) is 0. The van der Waals surface area contributed by atoms with Crippen LogP contribution in [-0.4, -0.2) is 34.3 Å². The second kappa shape index (κ2) is 5.62. The van der Waals surface area contributed by atoms with Crippen LogP contribution < -0.4 is 5.32 Å². The standard InChI is InChI=1S/C17H30N2O2/c1-16(2,3)13-14(20)18-17(4,5)15(21)19(13)12-10-8-6-7-9-11-12/h12-13H,6-11H2,1-5H3,(H,18,20). The van der Waals surface area contributed by atoms with E-state index < -0.39 is 5.54 Å². The number of carbonyl (C=O) groups excluding carboxylic acids is 2. The molecule has 120 valence electrons. The second-order valence-corrected chi connectivity index (χ2v) is 8.24. The number of nitrogens with one attached hydrogen (secondary N) is 1. The average molecular weight is 294 g/mol. The van der Waals surface area contributed by atoms with E-state index in [4.69, 9.17) is 0 Å². The van der Waals surface area contributed by atoms with Crippen LogP contribution in [0.3, 0.4) is 0 Å². The van der Waals surface area contributed by atoms with Crippen LogP contribution in [0.25, 0.3) is 0 Å². The molecule has 1 aliphatic carbocycles. The SMILES string of the molecule is CC1(C)NC(=O)C(C(C)(C)C)N(C2CCCCCC2)C1=O. The molecule has 21 heavy (non-hydrogen) atoms. The molecule has 2 aliphatic rings. The molecular weight excluding hydrogens is 264 g/mol. The Morgan fingerprint density at radius 3 is 2.05 bits per heavy atom. The van der Waals surface area contributed by atoms with Crippen LogP contribution in [0.15, 0.2) is 0 Å². The van der Waals surface area contributed by atoms with Crippen molar-refractivity contribution in [2.24, 2.45) is 5.41 Å². The number of carbonyl (C=O) groups is 2. The number of amides is 2. The number of hydrogen-bond acceptors (Lipinski definition) is 2. The molecule has 1 saturated carbocycles. The molecule has 1 saturated heterocycles. The van der Waals surface area contributed by atoms with Crippen molar-refractivity contribution in [2.45, 2.75) is 90.8 Å². The highest BCUT2D eigenvalue weighted by Gasteiger charge is 2.51. The minimum atomic E-state index is -0.787. The summed E-state index contributed by atoms with van der Waals surface area (Å²) in [6.45, 7) is 9.78. The van der Waals surface area contributed by atoms with Crippen molar-refractivity contribution < 1.29 is 9.59 Å². The van der Waals surface area contributed by atoms with Gasteiger partial charge in [-0.15, -0.1) is 0 Å². The summed E-state index contributed by atoms with van der Waals surface area (Å²) in [5.41, 5.74) is -1.03. The van der Waals surface area contributed by atoms with Crippen molar-refractivity contribution in [2.75, 3.05) is 0 Å². The fourth-order valence-corrected chi connectivity index (χ4v) is 3.72. The van der Waals surface area contributed by atoms with Gasteiger partial charge in [-0.3, -0.25) is 9.59 Å². The van der Waals surface area contributed by atoms with Gasteiger partial charge >= 0.3 is 0 Å². The molecule has 1 heterocycles. The van der Waals surface area contributed by atoms with E-state index in [1.807, 2.05) is 39.5 Å². The van der Waals surface area contributed by atoms with Crippen molar-refractivity contribution in [3.05, 3.63) is 0 Å². The maximum atomic E-state index is 13.0. The van der Waals surface area contributed by atoms with Crippen LogP contribution in [0.1, 0.15) is 73.1 Å². The van der Waals surface area contributed by atoms with Crippen molar-refractivity contribution in [3.63, 3.8) is 0 Å². The molecule has 1 aliphatic heterocycles. The summed E-state index contributed by atoms with van der Waals surface area (Å²) in [6, 6.07) is -0.143. The first-order valence-corrected chi connectivity index (χ1v) is 8.29. The van der Waals surface area contributed by atoms with Crippen molar-refractivity contribution in [1.82, 2.24) is 10.2 Å². The molecule has 2 fully saturated rings. The van der Waals surface area contributed by atoms with Crippen LogP contribution in [0, 0.1) is 5.41 Å². The van der Waals surface area contributed by atoms with Crippen LogP contribution in [-0.2, 0) is 9.59 Å². The molecule has 1 N–H and O–H groups in total. The summed E-state index contributed by atoms with van der Waals surface area (Å²) in [6.07, 6.45) is 6.87. The fourth-order valence-electron chi connectivity index (χ4n) is 3.72. The molecule has 0 aromatic carbocycles. The molecule has 0 spiro atoms. The maximum Gasteiger partial charge on any atom is 0.248 e. The first-order valence-electron chi connectivity index (χ1n) is 8.29. The lowest BCUT2D eigenvalue weighted by atomic mass is 9.80. The highest BCUT2D eigenvalue weighted by molar-refractivity contribution is 5.99.